The van der Waals surface area contributed by atoms with Gasteiger partial charge in [0.15, 0.2) is 5.65 Å². The van der Waals surface area contributed by atoms with Gasteiger partial charge in [0.05, 0.1) is 24.0 Å². The van der Waals surface area contributed by atoms with E-state index in [9.17, 15) is 13.5 Å². The number of pyridine rings is 1. The molecule has 0 unspecified atom stereocenters. The van der Waals surface area contributed by atoms with Crippen LogP contribution < -0.4 is 4.74 Å². The van der Waals surface area contributed by atoms with Gasteiger partial charge in [0.2, 0.25) is 11.8 Å². The summed E-state index contributed by atoms with van der Waals surface area (Å²) in [6, 6.07) is 1.75. The minimum absolute atomic E-state index is 0.0416. The number of sulfone groups is 1. The van der Waals surface area contributed by atoms with Gasteiger partial charge in [-0.2, -0.15) is 4.98 Å². The number of nitrogens with zero attached hydrogens (tertiary/aromatic N) is 3. The summed E-state index contributed by atoms with van der Waals surface area (Å²) in [6.45, 7) is 0. The Balaban J connectivity index is 2.07. The minimum Gasteiger partial charge on any atom is -0.493 e. The maximum absolute atomic E-state index is 11.5. The largest absolute Gasteiger partial charge is 0.493 e. The average Bonchev–Trinajstić information content (AvgIpc) is 2.47. The molecule has 0 spiro atoms. The molecule has 2 aromatic rings. The molecule has 1 fully saturated rings. The van der Waals surface area contributed by atoms with E-state index < -0.39 is 9.84 Å². The van der Waals surface area contributed by atoms with Crippen LogP contribution in [0.25, 0.3) is 11.0 Å². The molecule has 1 N–H and O–H groups in total. The third kappa shape index (κ3) is 2.63. The maximum Gasteiger partial charge on any atom is 0.223 e. The van der Waals surface area contributed by atoms with Crippen LogP contribution in [0.5, 0.6) is 11.8 Å². The molecule has 0 radical (unpaired) electrons. The van der Waals surface area contributed by atoms with Crippen molar-refractivity contribution in [3.8, 4) is 11.8 Å². The second-order valence-electron chi connectivity index (χ2n) is 5.08. The van der Waals surface area contributed by atoms with Gasteiger partial charge in [0.1, 0.15) is 16.2 Å². The predicted octanol–water partition coefficient (Wildman–Crippen LogP) is 1.03. The summed E-state index contributed by atoms with van der Waals surface area (Å²) in [5.74, 6) is 0.649. The zero-order valence-electron chi connectivity index (χ0n) is 11.5. The van der Waals surface area contributed by atoms with Crippen LogP contribution in [0.3, 0.4) is 0 Å². The molecule has 3 rings (SSSR count). The molecule has 1 aliphatic rings. The van der Waals surface area contributed by atoms with Crippen molar-refractivity contribution in [1.29, 1.82) is 0 Å². The first-order valence-electron chi connectivity index (χ1n) is 6.59. The molecule has 0 saturated carbocycles. The first kappa shape index (κ1) is 14.0. The van der Waals surface area contributed by atoms with Crippen molar-refractivity contribution >= 4 is 20.9 Å². The summed E-state index contributed by atoms with van der Waals surface area (Å²) in [4.78, 5) is 12.0. The highest BCUT2D eigenvalue weighted by Gasteiger charge is 2.28. The summed E-state index contributed by atoms with van der Waals surface area (Å²) in [5.41, 5.74) is 1.15. The minimum atomic E-state index is -2.93. The van der Waals surface area contributed by atoms with Crippen LogP contribution in [-0.4, -0.2) is 47.1 Å². The highest BCUT2D eigenvalue weighted by molar-refractivity contribution is 7.91. The number of hydrogen-bond donors (Lipinski definition) is 1. The summed E-state index contributed by atoms with van der Waals surface area (Å²) >= 11 is 0. The van der Waals surface area contributed by atoms with Crippen LogP contribution in [0.1, 0.15) is 24.3 Å². The quantitative estimate of drug-likeness (QED) is 0.883. The smallest absolute Gasteiger partial charge is 0.223 e. The highest BCUT2D eigenvalue weighted by Crippen LogP contribution is 2.36. The SMILES string of the molecule is COc1nc2ncnc(O)c2cc1C1CCS(=O)(=O)CC1. The Morgan fingerprint density at radius 2 is 2.00 bits per heavy atom. The lowest BCUT2D eigenvalue weighted by molar-refractivity contribution is 0.387. The number of hydrogen-bond acceptors (Lipinski definition) is 7. The molecule has 1 aliphatic heterocycles. The third-order valence-electron chi connectivity index (χ3n) is 3.78. The van der Waals surface area contributed by atoms with E-state index in [2.05, 4.69) is 15.0 Å². The monoisotopic (exact) mass is 309 g/mol. The van der Waals surface area contributed by atoms with E-state index in [-0.39, 0.29) is 23.3 Å². The number of ether oxygens (including phenoxy) is 1. The van der Waals surface area contributed by atoms with Crippen molar-refractivity contribution in [2.24, 2.45) is 0 Å². The fourth-order valence-corrected chi connectivity index (χ4v) is 4.12. The predicted molar refractivity (Wildman–Crippen MR) is 76.2 cm³/mol. The van der Waals surface area contributed by atoms with Gasteiger partial charge in [-0.1, -0.05) is 0 Å². The number of aromatic hydroxyl groups is 1. The second-order valence-corrected chi connectivity index (χ2v) is 7.39. The van der Waals surface area contributed by atoms with Crippen molar-refractivity contribution in [2.45, 2.75) is 18.8 Å². The lowest BCUT2D eigenvalue weighted by Crippen LogP contribution is -2.22. The zero-order chi connectivity index (χ0) is 15.0. The standard InChI is InChI=1S/C13H15N3O4S/c1-20-13-9(8-2-4-21(18,19)5-3-8)6-10-11(16-13)14-7-15-12(10)17/h6-8H,2-5H2,1H3,(H,14,15,16,17). The molecule has 112 valence electrons. The molecule has 2 aromatic heterocycles. The van der Waals surface area contributed by atoms with Crippen LogP contribution >= 0.6 is 0 Å². The summed E-state index contributed by atoms with van der Waals surface area (Å²) in [7, 11) is -1.42. The average molecular weight is 309 g/mol. The molecule has 0 bridgehead atoms. The number of methoxy groups -OCH3 is 1. The number of aromatic nitrogens is 3. The van der Waals surface area contributed by atoms with E-state index in [4.69, 9.17) is 4.74 Å². The lowest BCUT2D eigenvalue weighted by Gasteiger charge is -2.23. The van der Waals surface area contributed by atoms with Crippen LogP contribution in [0.2, 0.25) is 0 Å². The van der Waals surface area contributed by atoms with Crippen molar-refractivity contribution in [3.05, 3.63) is 18.0 Å². The van der Waals surface area contributed by atoms with Crippen molar-refractivity contribution < 1.29 is 18.3 Å². The Labute approximate surface area is 121 Å². The van der Waals surface area contributed by atoms with Gasteiger partial charge in [-0.15, -0.1) is 0 Å². The molecule has 8 heteroatoms. The van der Waals surface area contributed by atoms with E-state index in [1.54, 1.807) is 6.07 Å². The number of fused-ring (bicyclic) bond motifs is 1. The first-order chi connectivity index (χ1) is 10.00. The third-order valence-corrected chi connectivity index (χ3v) is 5.50. The van der Waals surface area contributed by atoms with Gasteiger partial charge in [-0.3, -0.25) is 0 Å². The van der Waals surface area contributed by atoms with E-state index >= 15 is 0 Å². The molecule has 7 nitrogen and oxygen atoms in total. The second kappa shape index (κ2) is 5.10. The molecular formula is C13H15N3O4S. The van der Waals surface area contributed by atoms with Gasteiger partial charge in [0.25, 0.3) is 0 Å². The summed E-state index contributed by atoms with van der Waals surface area (Å²) in [6.07, 6.45) is 2.29. The topological polar surface area (TPSA) is 102 Å². The fraction of sp³-hybridized carbons (Fsp3) is 0.462. The first-order valence-corrected chi connectivity index (χ1v) is 8.41. The van der Waals surface area contributed by atoms with Crippen molar-refractivity contribution in [1.82, 2.24) is 15.0 Å². The maximum atomic E-state index is 11.5. The Morgan fingerprint density at radius 1 is 1.29 bits per heavy atom. The summed E-state index contributed by atoms with van der Waals surface area (Å²) in [5, 5.41) is 10.3. The molecule has 1 saturated heterocycles. The molecule has 21 heavy (non-hydrogen) atoms. The molecule has 0 aromatic carbocycles. The molecule has 0 aliphatic carbocycles. The van der Waals surface area contributed by atoms with Crippen molar-refractivity contribution in [3.63, 3.8) is 0 Å². The van der Waals surface area contributed by atoms with E-state index in [1.165, 1.54) is 13.4 Å². The van der Waals surface area contributed by atoms with Crippen molar-refractivity contribution in [2.75, 3.05) is 18.6 Å². The van der Waals surface area contributed by atoms with E-state index in [1.807, 2.05) is 0 Å². The van der Waals surface area contributed by atoms with Crippen LogP contribution in [-0.2, 0) is 9.84 Å². The molecule has 0 atom stereocenters. The Kier molecular flexibility index (Phi) is 3.40. The van der Waals surface area contributed by atoms with Gasteiger partial charge in [-0.05, 0) is 24.8 Å². The Hall–Kier alpha value is -1.96. The highest BCUT2D eigenvalue weighted by atomic mass is 32.2. The van der Waals surface area contributed by atoms with E-state index in [0.29, 0.717) is 29.8 Å². The molecule has 3 heterocycles. The van der Waals surface area contributed by atoms with E-state index in [0.717, 1.165) is 5.56 Å². The molecule has 0 amide bonds. The van der Waals surface area contributed by atoms with Gasteiger partial charge < -0.3 is 9.84 Å². The van der Waals surface area contributed by atoms with Gasteiger partial charge in [-0.25, -0.2) is 18.4 Å². The van der Waals surface area contributed by atoms with Gasteiger partial charge >= 0.3 is 0 Å². The van der Waals surface area contributed by atoms with Crippen LogP contribution in [0.15, 0.2) is 12.4 Å². The normalized spacial score (nSPS) is 18.7. The summed E-state index contributed by atoms with van der Waals surface area (Å²) < 4.78 is 28.4. The van der Waals surface area contributed by atoms with Gasteiger partial charge in [0, 0.05) is 5.56 Å². The van der Waals surface area contributed by atoms with Crippen LogP contribution in [0, 0.1) is 0 Å². The number of rotatable bonds is 2. The molecular weight excluding hydrogens is 294 g/mol. The lowest BCUT2D eigenvalue weighted by atomic mass is 9.93. The Bertz CT molecular complexity index is 777. The van der Waals surface area contributed by atoms with Crippen LogP contribution in [0.4, 0.5) is 0 Å². The fourth-order valence-electron chi connectivity index (χ4n) is 2.63. The Morgan fingerprint density at radius 3 is 2.67 bits per heavy atom. The zero-order valence-corrected chi connectivity index (χ0v) is 12.3.